The van der Waals surface area contributed by atoms with Crippen molar-refractivity contribution in [2.24, 2.45) is 0 Å². The molecule has 10 heteroatoms. The fraction of sp³-hybridized carbons (Fsp3) is 0.130. The van der Waals surface area contributed by atoms with Crippen molar-refractivity contribution in [3.05, 3.63) is 77.6 Å². The van der Waals surface area contributed by atoms with Gasteiger partial charge in [0.15, 0.2) is 5.78 Å². The van der Waals surface area contributed by atoms with Crippen molar-refractivity contribution in [3.63, 3.8) is 0 Å². The van der Waals surface area contributed by atoms with Gasteiger partial charge in [0.1, 0.15) is 0 Å². The summed E-state index contributed by atoms with van der Waals surface area (Å²) < 4.78 is 39.8. The molecule has 0 aliphatic heterocycles. The summed E-state index contributed by atoms with van der Waals surface area (Å²) in [6, 6.07) is 11.6. The number of aromatic nitrogens is 1. The SMILES string of the molecule is Cc1cc(NC(=O)O)c(NC(=O)CC(=O)c2cccc(-c3cccnc3)c2)cc1C(F)(F)F. The number of hydrogen-bond acceptors (Lipinski definition) is 4. The highest BCUT2D eigenvalue weighted by molar-refractivity contribution is 6.12. The van der Waals surface area contributed by atoms with Crippen molar-refractivity contribution in [2.45, 2.75) is 19.5 Å². The molecule has 0 saturated heterocycles. The largest absolute Gasteiger partial charge is 0.465 e. The van der Waals surface area contributed by atoms with E-state index in [0.717, 1.165) is 11.6 Å². The van der Waals surface area contributed by atoms with E-state index in [9.17, 15) is 27.6 Å². The minimum Gasteiger partial charge on any atom is -0.465 e. The van der Waals surface area contributed by atoms with E-state index in [1.807, 2.05) is 5.32 Å². The Balaban J connectivity index is 1.82. The average Bonchev–Trinajstić information content (AvgIpc) is 2.75. The first-order chi connectivity index (χ1) is 15.5. The predicted octanol–water partition coefficient (Wildman–Crippen LogP) is 5.38. The van der Waals surface area contributed by atoms with Crippen LogP contribution in [0, 0.1) is 6.92 Å². The summed E-state index contributed by atoms with van der Waals surface area (Å²) in [6.07, 6.45) is -3.67. The van der Waals surface area contributed by atoms with Crippen molar-refractivity contribution in [1.29, 1.82) is 0 Å². The average molecular weight is 457 g/mol. The Hall–Kier alpha value is -4.21. The molecule has 0 fully saturated rings. The highest BCUT2D eigenvalue weighted by Gasteiger charge is 2.33. The summed E-state index contributed by atoms with van der Waals surface area (Å²) in [5.41, 5.74) is -0.215. The Kier molecular flexibility index (Phi) is 6.76. The second kappa shape index (κ2) is 9.51. The molecular weight excluding hydrogens is 439 g/mol. The predicted molar refractivity (Wildman–Crippen MR) is 115 cm³/mol. The van der Waals surface area contributed by atoms with Gasteiger partial charge in [-0.25, -0.2) is 4.79 Å². The van der Waals surface area contributed by atoms with Crippen LogP contribution in [0.2, 0.25) is 0 Å². The number of ketones is 1. The molecule has 1 heterocycles. The number of amides is 2. The van der Waals surface area contributed by atoms with E-state index in [4.69, 9.17) is 5.11 Å². The van der Waals surface area contributed by atoms with Crippen LogP contribution in [0.4, 0.5) is 29.3 Å². The van der Waals surface area contributed by atoms with Crippen molar-refractivity contribution in [3.8, 4) is 11.1 Å². The van der Waals surface area contributed by atoms with Crippen molar-refractivity contribution < 1.29 is 32.7 Å². The number of anilines is 2. The van der Waals surface area contributed by atoms with Crippen LogP contribution >= 0.6 is 0 Å². The van der Waals surface area contributed by atoms with Crippen LogP contribution in [0.3, 0.4) is 0 Å². The van der Waals surface area contributed by atoms with E-state index in [0.29, 0.717) is 11.6 Å². The minimum atomic E-state index is -4.71. The Labute approximate surface area is 186 Å². The number of rotatable bonds is 6. The van der Waals surface area contributed by atoms with E-state index in [-0.39, 0.29) is 16.8 Å². The Morgan fingerprint density at radius 2 is 1.67 bits per heavy atom. The number of halogens is 3. The zero-order chi connectivity index (χ0) is 24.2. The first kappa shape index (κ1) is 23.5. The van der Waals surface area contributed by atoms with Crippen LogP contribution in [0.1, 0.15) is 27.9 Å². The molecule has 0 unspecified atom stereocenters. The molecule has 7 nitrogen and oxygen atoms in total. The lowest BCUT2D eigenvalue weighted by Gasteiger charge is -2.17. The van der Waals surface area contributed by atoms with Crippen LogP contribution in [0.5, 0.6) is 0 Å². The highest BCUT2D eigenvalue weighted by Crippen LogP contribution is 2.37. The Morgan fingerprint density at radius 1 is 0.970 bits per heavy atom. The monoisotopic (exact) mass is 457 g/mol. The molecule has 0 radical (unpaired) electrons. The van der Waals surface area contributed by atoms with Crippen LogP contribution in [0.15, 0.2) is 60.9 Å². The molecule has 33 heavy (non-hydrogen) atoms. The van der Waals surface area contributed by atoms with Gasteiger partial charge in [-0.1, -0.05) is 24.3 Å². The van der Waals surface area contributed by atoms with E-state index in [1.165, 1.54) is 13.0 Å². The molecule has 170 valence electrons. The first-order valence-electron chi connectivity index (χ1n) is 9.60. The molecule has 0 aliphatic carbocycles. The van der Waals surface area contributed by atoms with Gasteiger partial charge in [-0.05, 0) is 42.3 Å². The topological polar surface area (TPSA) is 108 Å². The fourth-order valence-corrected chi connectivity index (χ4v) is 3.18. The van der Waals surface area contributed by atoms with Gasteiger partial charge >= 0.3 is 12.3 Å². The van der Waals surface area contributed by atoms with Crippen LogP contribution < -0.4 is 10.6 Å². The summed E-state index contributed by atoms with van der Waals surface area (Å²) >= 11 is 0. The lowest BCUT2D eigenvalue weighted by molar-refractivity contribution is -0.138. The van der Waals surface area contributed by atoms with Gasteiger partial charge < -0.3 is 10.4 Å². The number of nitrogens with one attached hydrogen (secondary N) is 2. The summed E-state index contributed by atoms with van der Waals surface area (Å²) in [7, 11) is 0. The molecule has 2 aromatic carbocycles. The molecular formula is C23H18F3N3O4. The maximum Gasteiger partial charge on any atom is 0.416 e. The van der Waals surface area contributed by atoms with Gasteiger partial charge in [0.05, 0.1) is 23.4 Å². The summed E-state index contributed by atoms with van der Waals surface area (Å²) in [5.74, 6) is -1.45. The van der Waals surface area contributed by atoms with E-state index < -0.39 is 41.6 Å². The number of benzene rings is 2. The van der Waals surface area contributed by atoms with Gasteiger partial charge in [-0.3, -0.25) is 19.9 Å². The number of carboxylic acid groups (broad SMARTS) is 1. The molecule has 3 aromatic rings. The number of alkyl halides is 3. The molecule has 0 saturated carbocycles. The molecule has 0 aliphatic rings. The highest BCUT2D eigenvalue weighted by atomic mass is 19.4. The summed E-state index contributed by atoms with van der Waals surface area (Å²) in [5, 5.41) is 13.1. The summed E-state index contributed by atoms with van der Waals surface area (Å²) in [6.45, 7) is 1.17. The molecule has 1 aromatic heterocycles. The number of nitrogens with zero attached hydrogens (tertiary/aromatic N) is 1. The molecule has 0 atom stereocenters. The third kappa shape index (κ3) is 5.94. The maximum atomic E-state index is 13.3. The standard InChI is InChI=1S/C23H18F3N3O4/c1-13-8-18(29-22(32)33)19(10-17(13)23(24,25)26)28-21(31)11-20(30)15-5-2-4-14(9-15)16-6-3-7-27-12-16/h2-10,12,29H,11H2,1H3,(H,28,31)(H,32,33). The molecule has 3 N–H and O–H groups in total. The number of carbonyl (C=O) groups excluding carboxylic acids is 2. The smallest absolute Gasteiger partial charge is 0.416 e. The van der Waals surface area contributed by atoms with Gasteiger partial charge in [0, 0.05) is 23.5 Å². The maximum absolute atomic E-state index is 13.3. The third-order valence-corrected chi connectivity index (χ3v) is 4.69. The van der Waals surface area contributed by atoms with Crippen molar-refractivity contribution in [2.75, 3.05) is 10.6 Å². The van der Waals surface area contributed by atoms with Crippen LogP contribution in [0.25, 0.3) is 11.1 Å². The zero-order valence-corrected chi connectivity index (χ0v) is 17.2. The van der Waals surface area contributed by atoms with E-state index in [2.05, 4.69) is 10.3 Å². The number of hydrogen-bond donors (Lipinski definition) is 3. The molecule has 0 bridgehead atoms. The number of Topliss-reactive ketones (excluding diaryl/α,β-unsaturated/α-hetero) is 1. The van der Waals surface area contributed by atoms with E-state index >= 15 is 0 Å². The van der Waals surface area contributed by atoms with Gasteiger partial charge in [0.2, 0.25) is 5.91 Å². The van der Waals surface area contributed by atoms with Gasteiger partial charge in [0.25, 0.3) is 0 Å². The zero-order valence-electron chi connectivity index (χ0n) is 17.2. The van der Waals surface area contributed by atoms with E-state index in [1.54, 1.807) is 42.7 Å². The van der Waals surface area contributed by atoms with Gasteiger partial charge in [-0.2, -0.15) is 13.2 Å². The number of pyridine rings is 1. The minimum absolute atomic E-state index is 0.229. The third-order valence-electron chi connectivity index (χ3n) is 4.69. The van der Waals surface area contributed by atoms with Crippen LogP contribution in [-0.2, 0) is 11.0 Å². The quantitative estimate of drug-likeness (QED) is 0.340. The van der Waals surface area contributed by atoms with Crippen molar-refractivity contribution in [1.82, 2.24) is 4.98 Å². The van der Waals surface area contributed by atoms with Crippen molar-refractivity contribution >= 4 is 29.2 Å². The first-order valence-corrected chi connectivity index (χ1v) is 9.60. The van der Waals surface area contributed by atoms with Gasteiger partial charge in [-0.15, -0.1) is 0 Å². The lowest BCUT2D eigenvalue weighted by Crippen LogP contribution is -2.20. The molecule has 3 rings (SSSR count). The number of carbonyl (C=O) groups is 3. The second-order valence-electron chi connectivity index (χ2n) is 7.11. The fourth-order valence-electron chi connectivity index (χ4n) is 3.18. The summed E-state index contributed by atoms with van der Waals surface area (Å²) in [4.78, 5) is 40.1. The Morgan fingerprint density at radius 3 is 2.30 bits per heavy atom. The normalized spacial score (nSPS) is 11.0. The Bertz CT molecular complexity index is 1210. The molecule has 0 spiro atoms. The lowest BCUT2D eigenvalue weighted by atomic mass is 10.0. The van der Waals surface area contributed by atoms with Crippen LogP contribution in [-0.4, -0.2) is 27.9 Å². The molecule has 2 amide bonds. The second-order valence-corrected chi connectivity index (χ2v) is 7.11. The number of aryl methyl sites for hydroxylation is 1.